The summed E-state index contributed by atoms with van der Waals surface area (Å²) < 4.78 is 0. The van der Waals surface area contributed by atoms with Gasteiger partial charge >= 0.3 is 0 Å². The van der Waals surface area contributed by atoms with Crippen LogP contribution in [0.2, 0.25) is 0 Å². The van der Waals surface area contributed by atoms with Crippen molar-refractivity contribution in [1.29, 1.82) is 0 Å². The van der Waals surface area contributed by atoms with Crippen LogP contribution in [-0.2, 0) is 11.3 Å². The fraction of sp³-hybridized carbons (Fsp3) is 0.316. The number of aromatic nitrogens is 1. The molecule has 124 valence electrons. The highest BCUT2D eigenvalue weighted by Crippen LogP contribution is 2.38. The van der Waals surface area contributed by atoms with Gasteiger partial charge in [0.05, 0.1) is 0 Å². The van der Waals surface area contributed by atoms with Gasteiger partial charge in [-0.15, -0.1) is 0 Å². The SMILES string of the molecule is CC1CC1C(=O)Nc1cccc(C(=O)N(C)Cc2cccnc2)c1. The highest BCUT2D eigenvalue weighted by Gasteiger charge is 2.39. The quantitative estimate of drug-likeness (QED) is 0.920. The summed E-state index contributed by atoms with van der Waals surface area (Å²) in [5.74, 6) is 0.517. The Bertz CT molecular complexity index is 745. The van der Waals surface area contributed by atoms with Gasteiger partial charge in [0.1, 0.15) is 0 Å². The zero-order valence-corrected chi connectivity index (χ0v) is 13.9. The molecule has 1 N–H and O–H groups in total. The summed E-state index contributed by atoms with van der Waals surface area (Å²) in [4.78, 5) is 30.3. The maximum atomic E-state index is 12.6. The number of pyridine rings is 1. The molecule has 5 heteroatoms. The molecule has 2 amide bonds. The Morgan fingerprint density at radius 3 is 2.75 bits per heavy atom. The highest BCUT2D eigenvalue weighted by atomic mass is 16.2. The van der Waals surface area contributed by atoms with Gasteiger partial charge in [-0.05, 0) is 42.2 Å². The topological polar surface area (TPSA) is 62.3 Å². The van der Waals surface area contributed by atoms with E-state index >= 15 is 0 Å². The van der Waals surface area contributed by atoms with Crippen LogP contribution in [0.3, 0.4) is 0 Å². The van der Waals surface area contributed by atoms with E-state index in [9.17, 15) is 9.59 Å². The van der Waals surface area contributed by atoms with Crippen LogP contribution in [-0.4, -0.2) is 28.7 Å². The standard InChI is InChI=1S/C19H21N3O2/c1-13-9-17(13)18(23)21-16-7-3-6-15(10-16)19(24)22(2)12-14-5-4-8-20-11-14/h3-8,10-11,13,17H,9,12H2,1-2H3,(H,21,23). The van der Waals surface area contributed by atoms with Crippen LogP contribution in [0.15, 0.2) is 48.8 Å². The van der Waals surface area contributed by atoms with Gasteiger partial charge < -0.3 is 10.2 Å². The molecule has 1 aliphatic carbocycles. The average Bonchev–Trinajstić information content (AvgIpc) is 3.32. The number of carbonyl (C=O) groups excluding carboxylic acids is 2. The van der Waals surface area contributed by atoms with Crippen LogP contribution in [0.5, 0.6) is 0 Å². The van der Waals surface area contributed by atoms with Gasteiger partial charge in [-0.1, -0.05) is 19.1 Å². The smallest absolute Gasteiger partial charge is 0.253 e. The average molecular weight is 323 g/mol. The fourth-order valence-corrected chi connectivity index (χ4v) is 2.71. The molecule has 1 heterocycles. The number of hydrogen-bond acceptors (Lipinski definition) is 3. The summed E-state index contributed by atoms with van der Waals surface area (Å²) in [5, 5.41) is 2.90. The molecule has 3 rings (SSSR count). The zero-order valence-electron chi connectivity index (χ0n) is 13.9. The van der Waals surface area contributed by atoms with E-state index in [1.54, 1.807) is 42.5 Å². The lowest BCUT2D eigenvalue weighted by atomic mass is 10.1. The predicted molar refractivity (Wildman–Crippen MR) is 92.4 cm³/mol. The van der Waals surface area contributed by atoms with Crippen molar-refractivity contribution in [3.63, 3.8) is 0 Å². The Balaban J connectivity index is 1.66. The highest BCUT2D eigenvalue weighted by molar-refractivity contribution is 5.98. The monoisotopic (exact) mass is 323 g/mol. The van der Waals surface area contributed by atoms with Crippen molar-refractivity contribution in [2.45, 2.75) is 19.9 Å². The molecule has 1 aliphatic rings. The molecule has 0 aliphatic heterocycles. The first-order valence-electron chi connectivity index (χ1n) is 8.10. The first-order valence-corrected chi connectivity index (χ1v) is 8.10. The van der Waals surface area contributed by atoms with Crippen LogP contribution < -0.4 is 5.32 Å². The van der Waals surface area contributed by atoms with E-state index in [1.807, 2.05) is 18.2 Å². The normalized spacial score (nSPS) is 18.8. The van der Waals surface area contributed by atoms with E-state index in [2.05, 4.69) is 17.2 Å². The lowest BCUT2D eigenvalue weighted by Gasteiger charge is -2.17. The summed E-state index contributed by atoms with van der Waals surface area (Å²) in [6.07, 6.45) is 4.40. The second-order valence-electron chi connectivity index (χ2n) is 6.41. The Labute approximate surface area is 141 Å². The molecule has 5 nitrogen and oxygen atoms in total. The summed E-state index contributed by atoms with van der Waals surface area (Å²) in [5.41, 5.74) is 2.20. The fourth-order valence-electron chi connectivity index (χ4n) is 2.71. The minimum absolute atomic E-state index is 0.0378. The van der Waals surface area contributed by atoms with Crippen molar-refractivity contribution in [3.05, 3.63) is 59.9 Å². The van der Waals surface area contributed by atoms with Crippen molar-refractivity contribution in [2.24, 2.45) is 11.8 Å². The number of nitrogens with zero attached hydrogens (tertiary/aromatic N) is 2. The number of nitrogens with one attached hydrogen (secondary N) is 1. The minimum atomic E-state index is -0.0882. The molecule has 1 aromatic heterocycles. The van der Waals surface area contributed by atoms with Crippen molar-refractivity contribution < 1.29 is 9.59 Å². The Morgan fingerprint density at radius 1 is 1.29 bits per heavy atom. The van der Waals surface area contributed by atoms with Gasteiger partial charge in [0.2, 0.25) is 5.91 Å². The van der Waals surface area contributed by atoms with E-state index in [-0.39, 0.29) is 17.7 Å². The van der Waals surface area contributed by atoms with Crippen molar-refractivity contribution >= 4 is 17.5 Å². The summed E-state index contributed by atoms with van der Waals surface area (Å²) in [7, 11) is 1.76. The molecule has 0 bridgehead atoms. The molecule has 2 unspecified atom stereocenters. The largest absolute Gasteiger partial charge is 0.337 e. The van der Waals surface area contributed by atoms with Crippen LogP contribution in [0.4, 0.5) is 5.69 Å². The minimum Gasteiger partial charge on any atom is -0.337 e. The third kappa shape index (κ3) is 3.79. The molecule has 0 radical (unpaired) electrons. The molecule has 0 spiro atoms. The van der Waals surface area contributed by atoms with Gasteiger partial charge in [0, 0.05) is 43.2 Å². The molecule has 1 fully saturated rings. The summed E-state index contributed by atoms with van der Waals surface area (Å²) in [6.45, 7) is 2.56. The molecule has 2 atom stereocenters. The summed E-state index contributed by atoms with van der Waals surface area (Å²) in [6, 6.07) is 10.9. The molecule has 0 saturated heterocycles. The van der Waals surface area contributed by atoms with E-state index in [0.29, 0.717) is 23.7 Å². The molecule has 2 aromatic rings. The van der Waals surface area contributed by atoms with E-state index in [1.165, 1.54) is 0 Å². The van der Waals surface area contributed by atoms with Crippen LogP contribution in [0, 0.1) is 11.8 Å². The maximum Gasteiger partial charge on any atom is 0.253 e. The van der Waals surface area contributed by atoms with Gasteiger partial charge in [-0.25, -0.2) is 0 Å². The summed E-state index contributed by atoms with van der Waals surface area (Å²) >= 11 is 0. The molecule has 24 heavy (non-hydrogen) atoms. The Morgan fingerprint density at radius 2 is 2.08 bits per heavy atom. The second-order valence-corrected chi connectivity index (χ2v) is 6.41. The third-order valence-corrected chi connectivity index (χ3v) is 4.31. The first-order chi connectivity index (χ1) is 11.5. The van der Waals surface area contributed by atoms with Gasteiger partial charge in [0.15, 0.2) is 0 Å². The first kappa shape index (κ1) is 16.2. The number of benzene rings is 1. The van der Waals surface area contributed by atoms with Crippen molar-refractivity contribution in [3.8, 4) is 0 Å². The van der Waals surface area contributed by atoms with Gasteiger partial charge in [-0.3, -0.25) is 14.6 Å². The van der Waals surface area contributed by atoms with Crippen molar-refractivity contribution in [1.82, 2.24) is 9.88 Å². The Hall–Kier alpha value is -2.69. The number of amides is 2. The van der Waals surface area contributed by atoms with Crippen molar-refractivity contribution in [2.75, 3.05) is 12.4 Å². The van der Waals surface area contributed by atoms with Crippen LogP contribution in [0.1, 0.15) is 29.3 Å². The third-order valence-electron chi connectivity index (χ3n) is 4.31. The Kier molecular flexibility index (Phi) is 4.60. The predicted octanol–water partition coefficient (Wildman–Crippen LogP) is 2.95. The lowest BCUT2D eigenvalue weighted by Crippen LogP contribution is -2.26. The van der Waals surface area contributed by atoms with E-state index in [0.717, 1.165) is 12.0 Å². The number of anilines is 1. The van der Waals surface area contributed by atoms with Gasteiger partial charge in [0.25, 0.3) is 5.91 Å². The van der Waals surface area contributed by atoms with Gasteiger partial charge in [-0.2, -0.15) is 0 Å². The maximum absolute atomic E-state index is 12.6. The second kappa shape index (κ2) is 6.83. The molecular weight excluding hydrogens is 302 g/mol. The number of hydrogen-bond donors (Lipinski definition) is 1. The molecule has 1 saturated carbocycles. The lowest BCUT2D eigenvalue weighted by molar-refractivity contribution is -0.117. The zero-order chi connectivity index (χ0) is 17.1. The molecule has 1 aromatic carbocycles. The van der Waals surface area contributed by atoms with E-state index in [4.69, 9.17) is 0 Å². The van der Waals surface area contributed by atoms with Crippen LogP contribution in [0.25, 0.3) is 0 Å². The van der Waals surface area contributed by atoms with Crippen LogP contribution >= 0.6 is 0 Å². The molecular formula is C19H21N3O2. The number of carbonyl (C=O) groups is 2. The number of rotatable bonds is 5. The van der Waals surface area contributed by atoms with E-state index < -0.39 is 0 Å².